The number of nitrogens with zero attached hydrogens (tertiary/aromatic N) is 1. The van der Waals surface area contributed by atoms with E-state index in [-0.39, 0.29) is 30.7 Å². The molecule has 186 valence electrons. The molecule has 2 amide bonds. The Kier molecular flexibility index (Phi) is 9.10. The maximum atomic E-state index is 13.1. The zero-order chi connectivity index (χ0) is 25.9. The smallest absolute Gasteiger partial charge is 0.408 e. The van der Waals surface area contributed by atoms with Crippen molar-refractivity contribution in [1.29, 1.82) is 0 Å². The van der Waals surface area contributed by atoms with Gasteiger partial charge in [0.2, 0.25) is 5.91 Å². The molecule has 0 spiro atoms. The number of nitro groups is 1. The summed E-state index contributed by atoms with van der Waals surface area (Å²) in [6, 6.07) is 20.9. The number of hydrogen-bond donors (Lipinski definition) is 3. The average molecular weight is 492 g/mol. The summed E-state index contributed by atoms with van der Waals surface area (Å²) in [4.78, 5) is 48.1. The van der Waals surface area contributed by atoms with Gasteiger partial charge in [0.05, 0.1) is 4.92 Å². The van der Waals surface area contributed by atoms with E-state index in [4.69, 9.17) is 4.74 Å². The van der Waals surface area contributed by atoms with E-state index in [2.05, 4.69) is 10.6 Å². The minimum Gasteiger partial charge on any atom is -0.480 e. The summed E-state index contributed by atoms with van der Waals surface area (Å²) in [5.41, 5.74) is 1.39. The summed E-state index contributed by atoms with van der Waals surface area (Å²) in [6.45, 7) is -0.0121. The van der Waals surface area contributed by atoms with Crippen molar-refractivity contribution < 1.29 is 29.2 Å². The Morgan fingerprint density at radius 3 is 2.00 bits per heavy atom. The molecule has 3 N–H and O–H groups in total. The van der Waals surface area contributed by atoms with Crippen molar-refractivity contribution in [2.24, 2.45) is 0 Å². The van der Waals surface area contributed by atoms with Crippen molar-refractivity contribution in [3.05, 3.63) is 112 Å². The summed E-state index contributed by atoms with van der Waals surface area (Å²) in [6.07, 6.45) is -1.08. The minimum absolute atomic E-state index is 0.0121. The lowest BCUT2D eigenvalue weighted by Gasteiger charge is -2.21. The number of nitrogens with one attached hydrogen (secondary N) is 2. The van der Waals surface area contributed by atoms with Gasteiger partial charge in [-0.15, -0.1) is 0 Å². The highest BCUT2D eigenvalue weighted by Crippen LogP contribution is 2.19. The number of ether oxygens (including phenoxy) is 1. The highest BCUT2D eigenvalue weighted by atomic mass is 16.6. The first-order valence-corrected chi connectivity index (χ1v) is 11.1. The SMILES string of the molecule is O=C(N[C@@H](Cc1ccccc1)C(=O)N[C@H](Cc1ccccc1[N+](=O)[O-])C(=O)O)OCc1ccccc1. The maximum absolute atomic E-state index is 13.1. The zero-order valence-corrected chi connectivity index (χ0v) is 19.2. The third-order valence-corrected chi connectivity index (χ3v) is 5.33. The van der Waals surface area contributed by atoms with Crippen LogP contribution in [0.25, 0.3) is 0 Å². The Morgan fingerprint density at radius 1 is 0.806 bits per heavy atom. The number of carboxylic acids is 1. The summed E-state index contributed by atoms with van der Waals surface area (Å²) in [5, 5.41) is 25.9. The molecule has 3 aromatic rings. The van der Waals surface area contributed by atoms with Gasteiger partial charge in [0.1, 0.15) is 18.7 Å². The van der Waals surface area contributed by atoms with Gasteiger partial charge in [-0.1, -0.05) is 78.9 Å². The molecule has 10 nitrogen and oxygen atoms in total. The van der Waals surface area contributed by atoms with Gasteiger partial charge in [0.25, 0.3) is 5.69 Å². The predicted molar refractivity (Wildman–Crippen MR) is 130 cm³/mol. The summed E-state index contributed by atoms with van der Waals surface area (Å²) < 4.78 is 5.22. The van der Waals surface area contributed by atoms with Crippen LogP contribution in [0.5, 0.6) is 0 Å². The molecule has 3 aromatic carbocycles. The molecular weight excluding hydrogens is 466 g/mol. The number of aliphatic carboxylic acids is 1. The largest absolute Gasteiger partial charge is 0.480 e. The van der Waals surface area contributed by atoms with Crippen molar-refractivity contribution in [1.82, 2.24) is 10.6 Å². The maximum Gasteiger partial charge on any atom is 0.408 e. The Bertz CT molecular complexity index is 1200. The molecule has 10 heteroatoms. The van der Waals surface area contributed by atoms with E-state index in [1.165, 1.54) is 18.2 Å². The van der Waals surface area contributed by atoms with Crippen molar-refractivity contribution in [2.45, 2.75) is 31.5 Å². The van der Waals surface area contributed by atoms with E-state index in [1.807, 2.05) is 6.07 Å². The quantitative estimate of drug-likeness (QED) is 0.275. The number of carboxylic acid groups (broad SMARTS) is 1. The second-order valence-corrected chi connectivity index (χ2v) is 7.94. The van der Waals surface area contributed by atoms with Gasteiger partial charge in [0.15, 0.2) is 0 Å². The molecule has 0 bridgehead atoms. The van der Waals surface area contributed by atoms with Crippen LogP contribution in [0.15, 0.2) is 84.9 Å². The third-order valence-electron chi connectivity index (χ3n) is 5.33. The van der Waals surface area contributed by atoms with E-state index in [0.717, 1.165) is 11.1 Å². The standard InChI is InChI=1S/C26H25N3O7/c30-24(27-22(25(31)32)16-20-13-7-8-14-23(20)29(34)35)21(15-18-9-3-1-4-10-18)28-26(33)36-17-19-11-5-2-6-12-19/h1-14,21-22H,15-17H2,(H,27,30)(H,28,33)(H,31,32)/t21-,22+/m0/s1. The molecule has 0 saturated carbocycles. The van der Waals surface area contributed by atoms with Gasteiger partial charge in [-0.2, -0.15) is 0 Å². The van der Waals surface area contributed by atoms with Crippen LogP contribution in [-0.2, 0) is 33.8 Å². The lowest BCUT2D eigenvalue weighted by molar-refractivity contribution is -0.385. The molecule has 0 aliphatic rings. The zero-order valence-electron chi connectivity index (χ0n) is 19.2. The van der Waals surface area contributed by atoms with E-state index < -0.39 is 35.0 Å². The first-order chi connectivity index (χ1) is 17.3. The fourth-order valence-electron chi connectivity index (χ4n) is 3.52. The van der Waals surface area contributed by atoms with Crippen LogP contribution < -0.4 is 10.6 Å². The average Bonchev–Trinajstić information content (AvgIpc) is 2.88. The molecule has 0 unspecified atom stereocenters. The Balaban J connectivity index is 1.73. The van der Waals surface area contributed by atoms with Crippen molar-refractivity contribution in [3.63, 3.8) is 0 Å². The molecule has 0 aliphatic carbocycles. The van der Waals surface area contributed by atoms with Crippen LogP contribution in [0, 0.1) is 10.1 Å². The lowest BCUT2D eigenvalue weighted by Crippen LogP contribution is -2.53. The topological polar surface area (TPSA) is 148 Å². The monoisotopic (exact) mass is 491 g/mol. The van der Waals surface area contributed by atoms with Crippen LogP contribution in [0.2, 0.25) is 0 Å². The van der Waals surface area contributed by atoms with Crippen molar-refractivity contribution in [2.75, 3.05) is 0 Å². The highest BCUT2D eigenvalue weighted by molar-refractivity contribution is 5.89. The fraction of sp³-hybridized carbons (Fsp3) is 0.192. The van der Waals surface area contributed by atoms with Crippen LogP contribution in [0.1, 0.15) is 16.7 Å². The molecule has 0 aliphatic heterocycles. The first-order valence-electron chi connectivity index (χ1n) is 11.1. The molecule has 0 saturated heterocycles. The number of benzene rings is 3. The molecule has 0 aromatic heterocycles. The van der Waals surface area contributed by atoms with E-state index in [1.54, 1.807) is 60.7 Å². The fourth-order valence-corrected chi connectivity index (χ4v) is 3.52. The van der Waals surface area contributed by atoms with Gasteiger partial charge < -0.3 is 20.5 Å². The van der Waals surface area contributed by atoms with Gasteiger partial charge in [-0.25, -0.2) is 9.59 Å². The number of amides is 2. The summed E-state index contributed by atoms with van der Waals surface area (Å²) in [5.74, 6) is -2.13. The predicted octanol–water partition coefficient (Wildman–Crippen LogP) is 3.24. The second kappa shape index (κ2) is 12.7. The van der Waals surface area contributed by atoms with Crippen molar-refractivity contribution >= 4 is 23.7 Å². The number of alkyl carbamates (subject to hydrolysis) is 1. The number of nitro benzene ring substituents is 1. The molecular formula is C26H25N3O7. The van der Waals surface area contributed by atoms with Crippen LogP contribution in [-0.4, -0.2) is 40.1 Å². The molecule has 3 rings (SSSR count). The molecule has 0 radical (unpaired) electrons. The van der Waals surface area contributed by atoms with Gasteiger partial charge in [-0.05, 0) is 11.1 Å². The Morgan fingerprint density at radius 2 is 1.39 bits per heavy atom. The van der Waals surface area contributed by atoms with Gasteiger partial charge in [0, 0.05) is 24.5 Å². The normalized spacial score (nSPS) is 12.1. The Hall–Kier alpha value is -4.73. The third kappa shape index (κ3) is 7.66. The number of carbonyl (C=O) groups is 3. The van der Waals surface area contributed by atoms with Gasteiger partial charge in [-0.3, -0.25) is 14.9 Å². The minimum atomic E-state index is -1.46. The van der Waals surface area contributed by atoms with E-state index >= 15 is 0 Å². The van der Waals surface area contributed by atoms with Crippen LogP contribution in [0.3, 0.4) is 0 Å². The summed E-state index contributed by atoms with van der Waals surface area (Å²) >= 11 is 0. The first kappa shape index (κ1) is 25.9. The molecule has 0 fully saturated rings. The van der Waals surface area contributed by atoms with E-state index in [9.17, 15) is 29.6 Å². The van der Waals surface area contributed by atoms with Gasteiger partial charge >= 0.3 is 12.1 Å². The van der Waals surface area contributed by atoms with Crippen LogP contribution >= 0.6 is 0 Å². The highest BCUT2D eigenvalue weighted by Gasteiger charge is 2.29. The lowest BCUT2D eigenvalue weighted by atomic mass is 10.0. The number of para-hydroxylation sites is 1. The molecule has 36 heavy (non-hydrogen) atoms. The van der Waals surface area contributed by atoms with Crippen LogP contribution in [0.4, 0.5) is 10.5 Å². The second-order valence-electron chi connectivity index (χ2n) is 7.94. The Labute approximate surface area is 207 Å². The summed E-state index contributed by atoms with van der Waals surface area (Å²) in [7, 11) is 0. The molecule has 0 heterocycles. The number of rotatable bonds is 11. The number of carbonyl (C=O) groups excluding carboxylic acids is 2. The van der Waals surface area contributed by atoms with E-state index in [0.29, 0.717) is 0 Å². The molecule has 2 atom stereocenters. The number of hydrogen-bond acceptors (Lipinski definition) is 6. The van der Waals surface area contributed by atoms with Crippen molar-refractivity contribution in [3.8, 4) is 0 Å².